The Balaban J connectivity index is 1.36. The second-order valence-corrected chi connectivity index (χ2v) is 8.45. The molecule has 1 fully saturated rings. The lowest BCUT2D eigenvalue weighted by Crippen LogP contribution is -2.47. The number of halogens is 5. The molecule has 0 radical (unpaired) electrons. The fourth-order valence-corrected chi connectivity index (χ4v) is 4.43. The monoisotopic (exact) mass is 478 g/mol. The standard InChI is InChI=1S/C23H19F5N4O2/c24-16-5-3-13(4-6-16)18-10-23(27,28)7-8-31(18)12-32-11-15-2-1-14(9-17(15)22(32)33)20-29-30-21(34-20)19(25)26/h1-6,9,18-19H,7-8,10-12H2. The first-order chi connectivity index (χ1) is 16.2. The average molecular weight is 478 g/mol. The van der Waals surface area contributed by atoms with Gasteiger partial charge in [0.05, 0.1) is 6.67 Å². The molecule has 6 nitrogen and oxygen atoms in total. The molecule has 3 aromatic rings. The Morgan fingerprint density at radius 2 is 1.88 bits per heavy atom. The first kappa shape index (κ1) is 22.5. The van der Waals surface area contributed by atoms with Gasteiger partial charge in [0, 0.05) is 43.1 Å². The lowest BCUT2D eigenvalue weighted by Gasteiger charge is -2.41. The predicted molar refractivity (Wildman–Crippen MR) is 109 cm³/mol. The quantitative estimate of drug-likeness (QED) is 0.472. The van der Waals surface area contributed by atoms with Crippen LogP contribution in [0, 0.1) is 5.82 Å². The molecule has 1 unspecified atom stereocenters. The summed E-state index contributed by atoms with van der Waals surface area (Å²) in [5, 5.41) is 6.90. The van der Waals surface area contributed by atoms with Gasteiger partial charge in [-0.15, -0.1) is 10.2 Å². The number of benzene rings is 2. The van der Waals surface area contributed by atoms with Crippen molar-refractivity contribution >= 4 is 5.91 Å². The van der Waals surface area contributed by atoms with E-state index in [0.717, 1.165) is 0 Å². The molecule has 11 heteroatoms. The maximum Gasteiger partial charge on any atom is 0.314 e. The molecule has 2 aliphatic rings. The van der Waals surface area contributed by atoms with Crippen LogP contribution in [0.15, 0.2) is 46.9 Å². The fraction of sp³-hybridized carbons (Fsp3) is 0.348. The second kappa shape index (κ2) is 8.46. The van der Waals surface area contributed by atoms with Crippen molar-refractivity contribution in [3.05, 3.63) is 70.9 Å². The SMILES string of the molecule is O=C1c2cc(-c3nnc(C(F)F)o3)ccc2CN1CN1CCC(F)(F)CC1c1ccc(F)cc1. The van der Waals surface area contributed by atoms with E-state index in [1.165, 1.54) is 35.2 Å². The minimum Gasteiger partial charge on any atom is -0.415 e. The number of carbonyl (C=O) groups is 1. The molecule has 1 aromatic heterocycles. The van der Waals surface area contributed by atoms with E-state index in [0.29, 0.717) is 22.3 Å². The zero-order chi connectivity index (χ0) is 24.0. The number of rotatable bonds is 5. The summed E-state index contributed by atoms with van der Waals surface area (Å²) in [5.74, 6) is -4.57. The van der Waals surface area contributed by atoms with Crippen LogP contribution in [0.1, 0.15) is 52.7 Å². The van der Waals surface area contributed by atoms with Crippen molar-refractivity contribution in [2.45, 2.75) is 37.8 Å². The van der Waals surface area contributed by atoms with Crippen LogP contribution < -0.4 is 0 Å². The molecule has 0 N–H and O–H groups in total. The third-order valence-electron chi connectivity index (χ3n) is 6.17. The predicted octanol–water partition coefficient (Wildman–Crippen LogP) is 5.20. The summed E-state index contributed by atoms with van der Waals surface area (Å²) in [6.07, 6.45) is -3.67. The maximum atomic E-state index is 14.2. The number of hydrogen-bond donors (Lipinski definition) is 0. The smallest absolute Gasteiger partial charge is 0.314 e. The first-order valence-electron chi connectivity index (χ1n) is 10.6. The van der Waals surface area contributed by atoms with Crippen LogP contribution in [0.5, 0.6) is 0 Å². The number of alkyl halides is 4. The summed E-state index contributed by atoms with van der Waals surface area (Å²) < 4.78 is 72.2. The van der Waals surface area contributed by atoms with E-state index >= 15 is 0 Å². The fourth-order valence-electron chi connectivity index (χ4n) is 4.43. The Labute approximate surface area is 191 Å². The molecule has 0 saturated carbocycles. The van der Waals surface area contributed by atoms with Crippen LogP contribution in [-0.4, -0.2) is 45.0 Å². The van der Waals surface area contributed by atoms with Gasteiger partial charge in [-0.1, -0.05) is 18.2 Å². The summed E-state index contributed by atoms with van der Waals surface area (Å²) in [6, 6.07) is 9.53. The first-order valence-corrected chi connectivity index (χ1v) is 10.6. The molecule has 1 atom stereocenters. The van der Waals surface area contributed by atoms with Crippen LogP contribution in [0.2, 0.25) is 0 Å². The van der Waals surface area contributed by atoms with Gasteiger partial charge in [0.15, 0.2) is 0 Å². The van der Waals surface area contributed by atoms with Crippen LogP contribution in [0.4, 0.5) is 22.0 Å². The van der Waals surface area contributed by atoms with Crippen molar-refractivity contribution < 1.29 is 31.2 Å². The van der Waals surface area contributed by atoms with Gasteiger partial charge in [0.25, 0.3) is 17.7 Å². The van der Waals surface area contributed by atoms with E-state index in [2.05, 4.69) is 10.2 Å². The van der Waals surface area contributed by atoms with E-state index in [1.807, 2.05) is 0 Å². The Morgan fingerprint density at radius 1 is 1.12 bits per heavy atom. The summed E-state index contributed by atoms with van der Waals surface area (Å²) in [6.45, 7) is 0.444. The topological polar surface area (TPSA) is 62.5 Å². The molecule has 0 aliphatic carbocycles. The zero-order valence-corrected chi connectivity index (χ0v) is 17.7. The van der Waals surface area contributed by atoms with Gasteiger partial charge in [-0.3, -0.25) is 9.69 Å². The highest BCUT2D eigenvalue weighted by Crippen LogP contribution is 2.40. The second-order valence-electron chi connectivity index (χ2n) is 8.45. The number of amides is 1. The van der Waals surface area contributed by atoms with E-state index in [-0.39, 0.29) is 38.0 Å². The molecule has 2 aromatic carbocycles. The Hall–Kier alpha value is -3.34. The average Bonchev–Trinajstić information content (AvgIpc) is 3.41. The lowest BCUT2D eigenvalue weighted by molar-refractivity contribution is -0.0874. The minimum absolute atomic E-state index is 0.0683. The van der Waals surface area contributed by atoms with Gasteiger partial charge in [-0.2, -0.15) is 8.78 Å². The number of carbonyl (C=O) groups excluding carboxylic acids is 1. The van der Waals surface area contributed by atoms with Gasteiger partial charge < -0.3 is 9.32 Å². The van der Waals surface area contributed by atoms with Crippen molar-refractivity contribution in [1.29, 1.82) is 0 Å². The molecule has 5 rings (SSSR count). The molecule has 2 aliphatic heterocycles. The van der Waals surface area contributed by atoms with E-state index in [4.69, 9.17) is 4.42 Å². The molecular formula is C23H19F5N4O2. The van der Waals surface area contributed by atoms with E-state index in [1.54, 1.807) is 17.0 Å². The van der Waals surface area contributed by atoms with Crippen molar-refractivity contribution in [2.75, 3.05) is 13.2 Å². The lowest BCUT2D eigenvalue weighted by atomic mass is 9.93. The molecule has 1 amide bonds. The Kier molecular flexibility index (Phi) is 5.59. The molecule has 3 heterocycles. The van der Waals surface area contributed by atoms with E-state index in [9.17, 15) is 26.7 Å². The van der Waals surface area contributed by atoms with Crippen molar-refractivity contribution in [2.24, 2.45) is 0 Å². The molecule has 1 saturated heterocycles. The summed E-state index contributed by atoms with van der Waals surface area (Å²) >= 11 is 0. The van der Waals surface area contributed by atoms with Crippen LogP contribution in [0.3, 0.4) is 0 Å². The van der Waals surface area contributed by atoms with E-state index < -0.39 is 36.5 Å². The Bertz CT molecular complexity index is 1210. The highest BCUT2D eigenvalue weighted by molar-refractivity contribution is 5.99. The zero-order valence-electron chi connectivity index (χ0n) is 17.7. The molecule has 0 spiro atoms. The number of likely N-dealkylation sites (tertiary alicyclic amines) is 1. The van der Waals surface area contributed by atoms with Gasteiger partial charge in [0.1, 0.15) is 5.82 Å². The third-order valence-corrected chi connectivity index (χ3v) is 6.17. The molecule has 0 bridgehead atoms. The van der Waals surface area contributed by atoms with Gasteiger partial charge in [0.2, 0.25) is 5.89 Å². The van der Waals surface area contributed by atoms with Crippen molar-refractivity contribution in [3.63, 3.8) is 0 Å². The summed E-state index contributed by atoms with van der Waals surface area (Å²) in [5.41, 5.74) is 1.95. The van der Waals surface area contributed by atoms with Gasteiger partial charge in [-0.25, -0.2) is 13.2 Å². The van der Waals surface area contributed by atoms with Gasteiger partial charge in [-0.05, 0) is 35.4 Å². The number of fused-ring (bicyclic) bond motifs is 1. The van der Waals surface area contributed by atoms with Crippen molar-refractivity contribution in [1.82, 2.24) is 20.0 Å². The van der Waals surface area contributed by atoms with Crippen LogP contribution >= 0.6 is 0 Å². The van der Waals surface area contributed by atoms with Crippen molar-refractivity contribution in [3.8, 4) is 11.5 Å². The third kappa shape index (κ3) is 4.27. The Morgan fingerprint density at radius 3 is 2.59 bits per heavy atom. The number of hydrogen-bond acceptors (Lipinski definition) is 5. The van der Waals surface area contributed by atoms with Crippen LogP contribution in [-0.2, 0) is 6.54 Å². The molecule has 34 heavy (non-hydrogen) atoms. The maximum absolute atomic E-state index is 14.2. The van der Waals surface area contributed by atoms with Crippen LogP contribution in [0.25, 0.3) is 11.5 Å². The highest BCUT2D eigenvalue weighted by Gasteiger charge is 2.42. The molecular weight excluding hydrogens is 459 g/mol. The summed E-state index contributed by atoms with van der Waals surface area (Å²) in [4.78, 5) is 16.4. The van der Waals surface area contributed by atoms with Gasteiger partial charge >= 0.3 is 6.43 Å². The number of nitrogens with zero attached hydrogens (tertiary/aromatic N) is 4. The molecule has 178 valence electrons. The number of aromatic nitrogens is 2. The number of piperidine rings is 1. The summed E-state index contributed by atoms with van der Waals surface area (Å²) in [7, 11) is 0. The largest absolute Gasteiger partial charge is 0.415 e. The minimum atomic E-state index is -2.90. The highest BCUT2D eigenvalue weighted by atomic mass is 19.3. The normalized spacial score (nSPS) is 20.2.